The highest BCUT2D eigenvalue weighted by molar-refractivity contribution is 5.91. The van der Waals surface area contributed by atoms with Crippen molar-refractivity contribution in [2.75, 3.05) is 0 Å². The largest absolute Gasteiger partial charge is 0.343 e. The first-order chi connectivity index (χ1) is 16.6. The lowest BCUT2D eigenvalue weighted by atomic mass is 10.0. The smallest absolute Gasteiger partial charge is 0.282 e. The van der Waals surface area contributed by atoms with Gasteiger partial charge in [-0.25, -0.2) is 0 Å². The van der Waals surface area contributed by atoms with E-state index in [9.17, 15) is 4.79 Å². The number of fused-ring (bicyclic) bond motifs is 1. The van der Waals surface area contributed by atoms with Gasteiger partial charge in [0.1, 0.15) is 11.3 Å². The van der Waals surface area contributed by atoms with Crippen molar-refractivity contribution in [3.05, 3.63) is 101 Å². The Bertz CT molecular complexity index is 1600. The Morgan fingerprint density at radius 2 is 1.74 bits per heavy atom. The van der Waals surface area contributed by atoms with Crippen LogP contribution in [0.4, 0.5) is 5.69 Å². The van der Waals surface area contributed by atoms with Gasteiger partial charge in [-0.1, -0.05) is 48.6 Å². The molecule has 0 aliphatic heterocycles. The highest BCUT2D eigenvalue weighted by Gasteiger charge is 2.21. The van der Waals surface area contributed by atoms with E-state index in [2.05, 4.69) is 21.7 Å². The lowest BCUT2D eigenvalue weighted by Gasteiger charge is -2.10. The van der Waals surface area contributed by atoms with Crippen molar-refractivity contribution in [2.24, 2.45) is 4.99 Å². The monoisotopic (exact) mass is 445 g/mol. The molecule has 0 atom stereocenters. The molecule has 6 heteroatoms. The lowest BCUT2D eigenvalue weighted by molar-refractivity contribution is 0.896. The summed E-state index contributed by atoms with van der Waals surface area (Å²) in [4.78, 5) is 25.5. The molecule has 0 saturated carbocycles. The molecule has 0 amide bonds. The number of allylic oxidation sites excluding steroid dienone is 1. The molecule has 0 radical (unpaired) electrons. The third-order valence-corrected chi connectivity index (χ3v) is 5.82. The summed E-state index contributed by atoms with van der Waals surface area (Å²) in [5.74, 6) is 0. The zero-order valence-electron chi connectivity index (χ0n) is 19.0. The standard InChI is InChI=1S/C28H23N5O/c1-4-8-21-17-22(11-12-23(21)29-3)24-18(2)31-27-25(19-9-6-5-7-10-19)26(32-33(27)28(24)34)20-13-15-30-16-14-20/h4-17,31H,3H2,1-2H3/b8-4-. The molecule has 2 aromatic carbocycles. The van der Waals surface area contributed by atoms with Gasteiger partial charge in [0, 0.05) is 29.2 Å². The summed E-state index contributed by atoms with van der Waals surface area (Å²) in [6.45, 7) is 7.51. The van der Waals surface area contributed by atoms with Crippen LogP contribution in [-0.4, -0.2) is 26.3 Å². The first kappa shape index (κ1) is 21.3. The van der Waals surface area contributed by atoms with Crippen LogP contribution in [0.25, 0.3) is 45.2 Å². The fourth-order valence-electron chi connectivity index (χ4n) is 4.28. The van der Waals surface area contributed by atoms with Crippen molar-refractivity contribution in [2.45, 2.75) is 13.8 Å². The highest BCUT2D eigenvalue weighted by Crippen LogP contribution is 2.35. The zero-order chi connectivity index (χ0) is 23.7. The van der Waals surface area contributed by atoms with Crippen molar-refractivity contribution in [3.63, 3.8) is 0 Å². The van der Waals surface area contributed by atoms with Gasteiger partial charge in [-0.3, -0.25) is 14.8 Å². The van der Waals surface area contributed by atoms with E-state index in [0.29, 0.717) is 11.2 Å². The number of pyridine rings is 1. The van der Waals surface area contributed by atoms with Gasteiger partial charge in [-0.05, 0) is 56.0 Å². The Hall–Kier alpha value is -4.58. The molecule has 0 aliphatic carbocycles. The SMILES string of the molecule is C=Nc1ccc(-c2c(C)[nH]c3c(-c4ccccc4)c(-c4ccncc4)nn3c2=O)cc1/C=C\C. The van der Waals surface area contributed by atoms with E-state index >= 15 is 0 Å². The molecule has 0 aliphatic rings. The van der Waals surface area contributed by atoms with Gasteiger partial charge >= 0.3 is 0 Å². The summed E-state index contributed by atoms with van der Waals surface area (Å²) >= 11 is 0. The number of nitrogens with zero attached hydrogens (tertiary/aromatic N) is 4. The van der Waals surface area contributed by atoms with Crippen molar-refractivity contribution in [1.29, 1.82) is 0 Å². The molecule has 34 heavy (non-hydrogen) atoms. The maximum Gasteiger partial charge on any atom is 0.282 e. The second kappa shape index (κ2) is 8.75. The molecule has 1 N–H and O–H groups in total. The maximum atomic E-state index is 13.8. The molecule has 5 aromatic rings. The summed E-state index contributed by atoms with van der Waals surface area (Å²) in [5, 5.41) is 4.78. The summed E-state index contributed by atoms with van der Waals surface area (Å²) in [7, 11) is 0. The average molecular weight is 446 g/mol. The second-order valence-electron chi connectivity index (χ2n) is 7.95. The van der Waals surface area contributed by atoms with Crippen LogP contribution in [-0.2, 0) is 0 Å². The van der Waals surface area contributed by atoms with Gasteiger partial charge in [-0.15, -0.1) is 0 Å². The van der Waals surface area contributed by atoms with Gasteiger partial charge in [-0.2, -0.15) is 9.61 Å². The minimum Gasteiger partial charge on any atom is -0.343 e. The van der Waals surface area contributed by atoms with Gasteiger partial charge in [0.05, 0.1) is 16.8 Å². The van der Waals surface area contributed by atoms with Gasteiger partial charge < -0.3 is 4.98 Å². The Morgan fingerprint density at radius 3 is 2.44 bits per heavy atom. The number of aromatic nitrogens is 4. The second-order valence-corrected chi connectivity index (χ2v) is 7.95. The zero-order valence-corrected chi connectivity index (χ0v) is 19.0. The molecule has 0 bridgehead atoms. The number of hydrogen-bond acceptors (Lipinski definition) is 4. The molecule has 0 saturated heterocycles. The highest BCUT2D eigenvalue weighted by atomic mass is 16.1. The van der Waals surface area contributed by atoms with Crippen molar-refractivity contribution >= 4 is 24.1 Å². The van der Waals surface area contributed by atoms with Crippen LogP contribution in [0.15, 0.2) is 88.9 Å². The molecule has 5 rings (SSSR count). The Kier molecular flexibility index (Phi) is 5.47. The number of H-pyrrole nitrogens is 1. The first-order valence-corrected chi connectivity index (χ1v) is 11.0. The van der Waals surface area contributed by atoms with Crippen LogP contribution in [0.5, 0.6) is 0 Å². The topological polar surface area (TPSA) is 75.4 Å². The number of aromatic amines is 1. The van der Waals surface area contributed by atoms with E-state index in [-0.39, 0.29) is 5.56 Å². The lowest BCUT2D eigenvalue weighted by Crippen LogP contribution is -2.19. The summed E-state index contributed by atoms with van der Waals surface area (Å²) < 4.78 is 1.47. The molecular formula is C28H23N5O. The molecule has 0 unspecified atom stereocenters. The van der Waals surface area contributed by atoms with E-state index in [1.54, 1.807) is 12.4 Å². The van der Waals surface area contributed by atoms with Gasteiger partial charge in [0.15, 0.2) is 0 Å². The number of nitrogens with one attached hydrogen (secondary N) is 1. The Labute approximate surface area is 197 Å². The van der Waals surface area contributed by atoms with Crippen LogP contribution in [0, 0.1) is 6.92 Å². The molecule has 0 fully saturated rings. The van der Waals surface area contributed by atoms with Crippen LogP contribution in [0.2, 0.25) is 0 Å². The normalized spacial score (nSPS) is 11.4. The molecular weight excluding hydrogens is 422 g/mol. The quantitative estimate of drug-likeness (QED) is 0.333. The minimum absolute atomic E-state index is 0.186. The van der Waals surface area contributed by atoms with E-state index in [4.69, 9.17) is 5.10 Å². The number of aliphatic imine (C=N–C) groups is 1. The van der Waals surface area contributed by atoms with Gasteiger partial charge in [0.2, 0.25) is 0 Å². The molecule has 166 valence electrons. The van der Waals surface area contributed by atoms with Crippen LogP contribution >= 0.6 is 0 Å². The van der Waals surface area contributed by atoms with E-state index in [0.717, 1.165) is 44.9 Å². The van der Waals surface area contributed by atoms with Crippen molar-refractivity contribution in [1.82, 2.24) is 19.6 Å². The summed E-state index contributed by atoms with van der Waals surface area (Å²) in [6.07, 6.45) is 7.35. The van der Waals surface area contributed by atoms with Crippen molar-refractivity contribution in [3.8, 4) is 33.5 Å². The van der Waals surface area contributed by atoms with Crippen molar-refractivity contribution < 1.29 is 0 Å². The summed E-state index contributed by atoms with van der Waals surface area (Å²) in [5.41, 5.74) is 7.72. The summed E-state index contributed by atoms with van der Waals surface area (Å²) in [6, 6.07) is 19.5. The predicted molar refractivity (Wildman–Crippen MR) is 139 cm³/mol. The minimum atomic E-state index is -0.186. The van der Waals surface area contributed by atoms with Gasteiger partial charge in [0.25, 0.3) is 5.56 Å². The Balaban J connectivity index is 1.82. The van der Waals surface area contributed by atoms with E-state index in [1.807, 2.05) is 86.7 Å². The average Bonchev–Trinajstić information content (AvgIpc) is 3.25. The molecule has 3 heterocycles. The van der Waals surface area contributed by atoms with E-state index < -0.39 is 0 Å². The van der Waals surface area contributed by atoms with Crippen LogP contribution < -0.4 is 5.56 Å². The molecule has 6 nitrogen and oxygen atoms in total. The van der Waals surface area contributed by atoms with E-state index in [1.165, 1.54) is 4.52 Å². The Morgan fingerprint density at radius 1 is 0.971 bits per heavy atom. The first-order valence-electron chi connectivity index (χ1n) is 11.0. The third-order valence-electron chi connectivity index (χ3n) is 5.82. The van der Waals surface area contributed by atoms with Crippen LogP contribution in [0.1, 0.15) is 18.2 Å². The molecule has 3 aromatic heterocycles. The van der Waals surface area contributed by atoms with Crippen LogP contribution in [0.3, 0.4) is 0 Å². The third kappa shape index (κ3) is 3.55. The predicted octanol–water partition coefficient (Wildman–Crippen LogP) is 6.09. The molecule has 0 spiro atoms. The number of rotatable bonds is 5. The number of hydrogen-bond donors (Lipinski definition) is 1. The fraction of sp³-hybridized carbons (Fsp3) is 0.0714. The number of benzene rings is 2. The number of aryl methyl sites for hydroxylation is 1. The fourth-order valence-corrected chi connectivity index (χ4v) is 4.28. The maximum absolute atomic E-state index is 13.8.